The number of nitrogens with zero attached hydrogens (tertiary/aromatic N) is 2. The summed E-state index contributed by atoms with van der Waals surface area (Å²) in [5.74, 6) is 0.133. The lowest BCUT2D eigenvalue weighted by atomic mass is 10.0. The topological polar surface area (TPSA) is 96.0 Å². The van der Waals surface area contributed by atoms with Gasteiger partial charge < -0.3 is 15.0 Å². The van der Waals surface area contributed by atoms with Gasteiger partial charge in [-0.15, -0.1) is 0 Å². The average molecular weight is 476 g/mol. The number of amides is 2. The van der Waals surface area contributed by atoms with Gasteiger partial charge in [-0.05, 0) is 48.2 Å². The predicted octanol–water partition coefficient (Wildman–Crippen LogP) is 2.75. The van der Waals surface area contributed by atoms with Gasteiger partial charge >= 0.3 is 0 Å². The Hall–Kier alpha value is -3.07. The summed E-state index contributed by atoms with van der Waals surface area (Å²) in [5.41, 5.74) is 2.24. The molecule has 2 aromatic carbocycles. The van der Waals surface area contributed by atoms with Crippen LogP contribution in [0.15, 0.2) is 48.5 Å². The second-order valence-electron chi connectivity index (χ2n) is 8.18. The predicted molar refractivity (Wildman–Crippen MR) is 130 cm³/mol. The van der Waals surface area contributed by atoms with Crippen LogP contribution in [0.1, 0.15) is 37.8 Å². The van der Waals surface area contributed by atoms with Crippen molar-refractivity contribution in [1.29, 1.82) is 0 Å². The fraction of sp³-hybridized carbons (Fsp3) is 0.417. The molecule has 0 radical (unpaired) electrons. The molecular weight excluding hydrogens is 442 g/mol. The number of hydrogen-bond acceptors (Lipinski definition) is 5. The molecule has 0 aliphatic heterocycles. The van der Waals surface area contributed by atoms with Gasteiger partial charge in [0.05, 0.1) is 19.1 Å². The van der Waals surface area contributed by atoms with Gasteiger partial charge in [0, 0.05) is 13.6 Å². The van der Waals surface area contributed by atoms with Crippen molar-refractivity contribution in [3.8, 4) is 5.75 Å². The van der Waals surface area contributed by atoms with Gasteiger partial charge in [0.1, 0.15) is 18.3 Å². The summed E-state index contributed by atoms with van der Waals surface area (Å²) < 4.78 is 31.4. The second-order valence-corrected chi connectivity index (χ2v) is 10.1. The average Bonchev–Trinajstić information content (AvgIpc) is 2.79. The molecule has 0 unspecified atom stereocenters. The Labute approximate surface area is 196 Å². The fourth-order valence-electron chi connectivity index (χ4n) is 3.36. The van der Waals surface area contributed by atoms with Crippen molar-refractivity contribution in [2.45, 2.75) is 39.3 Å². The quantitative estimate of drug-likeness (QED) is 0.570. The van der Waals surface area contributed by atoms with Crippen LogP contribution in [-0.2, 0) is 26.2 Å². The Balaban J connectivity index is 2.35. The maximum atomic E-state index is 13.4. The van der Waals surface area contributed by atoms with Crippen molar-refractivity contribution in [3.05, 3.63) is 59.7 Å². The number of nitrogens with one attached hydrogen (secondary N) is 1. The highest BCUT2D eigenvalue weighted by molar-refractivity contribution is 7.92. The minimum absolute atomic E-state index is 0.140. The summed E-state index contributed by atoms with van der Waals surface area (Å²) in [6.07, 6.45) is 1.06. The molecule has 0 aliphatic rings. The van der Waals surface area contributed by atoms with Crippen LogP contribution in [0.3, 0.4) is 0 Å². The number of carbonyl (C=O) groups excluding carboxylic acids is 2. The third-order valence-corrected chi connectivity index (χ3v) is 6.59. The van der Waals surface area contributed by atoms with E-state index in [0.717, 1.165) is 21.7 Å². The Morgan fingerprint density at radius 3 is 2.03 bits per heavy atom. The highest BCUT2D eigenvalue weighted by Gasteiger charge is 2.29. The number of carbonyl (C=O) groups is 2. The molecule has 2 rings (SSSR count). The number of benzene rings is 2. The minimum Gasteiger partial charge on any atom is -0.497 e. The molecule has 0 heterocycles. The minimum atomic E-state index is -3.74. The van der Waals surface area contributed by atoms with E-state index in [-0.39, 0.29) is 12.5 Å². The standard InChI is InChI=1S/C24H33N3O5S/c1-17(2)20-9-11-21(12-10-20)27(33(6,30)31)16-23(28)26(18(3)24(29)25-4)15-19-7-13-22(32-5)14-8-19/h7-14,17-18H,15-16H2,1-6H3,(H,25,29)/t18-/m1/s1. The summed E-state index contributed by atoms with van der Waals surface area (Å²) in [6, 6.07) is 13.4. The lowest BCUT2D eigenvalue weighted by molar-refractivity contribution is -0.139. The third kappa shape index (κ3) is 6.95. The van der Waals surface area contributed by atoms with Crippen LogP contribution in [-0.4, -0.2) is 58.1 Å². The van der Waals surface area contributed by atoms with E-state index in [9.17, 15) is 18.0 Å². The summed E-state index contributed by atoms with van der Waals surface area (Å²) in [6.45, 7) is 5.43. The Morgan fingerprint density at radius 1 is 1.00 bits per heavy atom. The molecule has 0 fully saturated rings. The van der Waals surface area contributed by atoms with Gasteiger partial charge in [-0.25, -0.2) is 8.42 Å². The summed E-state index contributed by atoms with van der Waals surface area (Å²) >= 11 is 0. The van der Waals surface area contributed by atoms with Crippen LogP contribution < -0.4 is 14.4 Å². The van der Waals surface area contributed by atoms with Crippen molar-refractivity contribution in [1.82, 2.24) is 10.2 Å². The van der Waals surface area contributed by atoms with Gasteiger partial charge in [0.2, 0.25) is 21.8 Å². The first kappa shape index (κ1) is 26.2. The zero-order valence-electron chi connectivity index (χ0n) is 20.0. The highest BCUT2D eigenvalue weighted by Crippen LogP contribution is 2.23. The Kier molecular flexibility index (Phi) is 8.87. The number of rotatable bonds is 10. The molecule has 1 N–H and O–H groups in total. The molecule has 0 aliphatic carbocycles. The van der Waals surface area contributed by atoms with Gasteiger partial charge in [-0.3, -0.25) is 13.9 Å². The molecule has 0 aromatic heterocycles. The summed E-state index contributed by atoms with van der Waals surface area (Å²) in [5, 5.41) is 2.55. The lowest BCUT2D eigenvalue weighted by Crippen LogP contribution is -2.50. The molecule has 33 heavy (non-hydrogen) atoms. The molecule has 0 spiro atoms. The van der Waals surface area contributed by atoms with Crippen molar-refractivity contribution in [2.24, 2.45) is 0 Å². The van der Waals surface area contributed by atoms with Crippen LogP contribution in [0, 0.1) is 0 Å². The lowest BCUT2D eigenvalue weighted by Gasteiger charge is -2.31. The largest absolute Gasteiger partial charge is 0.497 e. The summed E-state index contributed by atoms with van der Waals surface area (Å²) in [4.78, 5) is 27.1. The van der Waals surface area contributed by atoms with Gasteiger partial charge in [0.15, 0.2) is 0 Å². The summed E-state index contributed by atoms with van der Waals surface area (Å²) in [7, 11) is -0.689. The van der Waals surface area contributed by atoms with E-state index in [4.69, 9.17) is 4.74 Å². The van der Waals surface area contributed by atoms with Crippen molar-refractivity contribution < 1.29 is 22.7 Å². The van der Waals surface area contributed by atoms with Crippen LogP contribution in [0.25, 0.3) is 0 Å². The maximum absolute atomic E-state index is 13.4. The first-order valence-electron chi connectivity index (χ1n) is 10.7. The second kappa shape index (κ2) is 11.2. The van der Waals surface area contributed by atoms with Gasteiger partial charge in [0.25, 0.3) is 0 Å². The van der Waals surface area contributed by atoms with Crippen molar-refractivity contribution >= 4 is 27.5 Å². The molecule has 2 aromatic rings. The molecule has 0 saturated carbocycles. The van der Waals surface area contributed by atoms with E-state index in [1.54, 1.807) is 50.4 Å². The molecule has 9 heteroatoms. The van der Waals surface area contributed by atoms with Crippen LogP contribution in [0.4, 0.5) is 5.69 Å². The number of methoxy groups -OCH3 is 1. The van der Waals surface area contributed by atoms with Crippen LogP contribution in [0.2, 0.25) is 0 Å². The van der Waals surface area contributed by atoms with E-state index in [0.29, 0.717) is 17.4 Å². The fourth-order valence-corrected chi connectivity index (χ4v) is 4.21. The third-order valence-electron chi connectivity index (χ3n) is 5.45. The first-order valence-corrected chi connectivity index (χ1v) is 12.5. The number of anilines is 1. The number of likely N-dealkylation sites (N-methyl/N-ethyl adjacent to an activating group) is 1. The Morgan fingerprint density at radius 2 is 1.58 bits per heavy atom. The molecule has 2 amide bonds. The van der Waals surface area contributed by atoms with E-state index in [2.05, 4.69) is 5.32 Å². The van der Waals surface area contributed by atoms with E-state index >= 15 is 0 Å². The van der Waals surface area contributed by atoms with Gasteiger partial charge in [-0.1, -0.05) is 38.1 Å². The zero-order chi connectivity index (χ0) is 24.8. The molecule has 1 atom stereocenters. The number of ether oxygens (including phenoxy) is 1. The normalized spacial score (nSPS) is 12.2. The molecule has 8 nitrogen and oxygen atoms in total. The maximum Gasteiger partial charge on any atom is 0.244 e. The van der Waals surface area contributed by atoms with Gasteiger partial charge in [-0.2, -0.15) is 0 Å². The van der Waals surface area contributed by atoms with E-state index in [1.165, 1.54) is 11.9 Å². The van der Waals surface area contributed by atoms with Crippen LogP contribution >= 0.6 is 0 Å². The van der Waals surface area contributed by atoms with Crippen molar-refractivity contribution in [3.63, 3.8) is 0 Å². The highest BCUT2D eigenvalue weighted by atomic mass is 32.2. The molecular formula is C24H33N3O5S. The number of sulfonamides is 1. The Bertz CT molecular complexity index is 1050. The van der Waals surface area contributed by atoms with Crippen molar-refractivity contribution in [2.75, 3.05) is 31.3 Å². The van der Waals surface area contributed by atoms with E-state index < -0.39 is 28.5 Å². The molecule has 0 bridgehead atoms. The zero-order valence-corrected chi connectivity index (χ0v) is 20.8. The molecule has 0 saturated heterocycles. The van der Waals surface area contributed by atoms with Crippen LogP contribution in [0.5, 0.6) is 5.75 Å². The monoisotopic (exact) mass is 475 g/mol. The first-order chi connectivity index (χ1) is 15.5. The van der Waals surface area contributed by atoms with E-state index in [1.807, 2.05) is 26.0 Å². The molecule has 180 valence electrons. The smallest absolute Gasteiger partial charge is 0.244 e. The number of hydrogen-bond donors (Lipinski definition) is 1. The SMILES string of the molecule is CNC(=O)[C@@H](C)N(Cc1ccc(OC)cc1)C(=O)CN(c1ccc(C(C)C)cc1)S(C)(=O)=O.